The minimum absolute atomic E-state index is 0.114. The van der Waals surface area contributed by atoms with Gasteiger partial charge in [-0.25, -0.2) is 18.4 Å². The standard InChI is InChI=1S/C23H24FN5O4S/c1-13-17-18(30)29(23(2,3)21(25)31)22(32)27(20(17)34-19(13)28-10-5-9-26-28)11-8-14-12-15(24)6-7-16(14)33-4/h5-7,9-10,12H,8,11H2,1-4H3,(H2,25,31). The molecule has 9 nitrogen and oxygen atoms in total. The number of ether oxygens (including phenoxy) is 1. The Morgan fingerprint density at radius 1 is 1.29 bits per heavy atom. The zero-order valence-corrected chi connectivity index (χ0v) is 20.0. The van der Waals surface area contributed by atoms with Crippen LogP contribution in [0.15, 0.2) is 46.2 Å². The molecule has 0 bridgehead atoms. The second-order valence-corrected chi connectivity index (χ2v) is 9.34. The second kappa shape index (κ2) is 8.56. The summed E-state index contributed by atoms with van der Waals surface area (Å²) >= 11 is 1.24. The van der Waals surface area contributed by atoms with E-state index in [2.05, 4.69) is 5.10 Å². The Kier molecular flexibility index (Phi) is 5.90. The fourth-order valence-electron chi connectivity index (χ4n) is 3.92. The summed E-state index contributed by atoms with van der Waals surface area (Å²) in [5.74, 6) is -0.762. The Hall–Kier alpha value is -3.73. The van der Waals surface area contributed by atoms with E-state index >= 15 is 0 Å². The maximum atomic E-state index is 13.9. The molecule has 3 aromatic heterocycles. The van der Waals surface area contributed by atoms with E-state index in [-0.39, 0.29) is 13.0 Å². The third-order valence-electron chi connectivity index (χ3n) is 5.91. The molecule has 34 heavy (non-hydrogen) atoms. The van der Waals surface area contributed by atoms with Gasteiger partial charge in [0.25, 0.3) is 5.56 Å². The maximum absolute atomic E-state index is 13.9. The molecule has 0 saturated carbocycles. The summed E-state index contributed by atoms with van der Waals surface area (Å²) in [6, 6.07) is 5.91. The molecule has 0 unspecified atom stereocenters. The van der Waals surface area contributed by atoms with Crippen LogP contribution >= 0.6 is 11.3 Å². The van der Waals surface area contributed by atoms with Crippen LogP contribution < -0.4 is 21.7 Å². The van der Waals surface area contributed by atoms with Crippen molar-refractivity contribution < 1.29 is 13.9 Å². The summed E-state index contributed by atoms with van der Waals surface area (Å²) in [4.78, 5) is 39.8. The van der Waals surface area contributed by atoms with E-state index in [0.717, 1.165) is 4.57 Å². The number of carbonyl (C=O) groups is 1. The smallest absolute Gasteiger partial charge is 0.333 e. The molecule has 2 N–H and O–H groups in total. The Labute approximate surface area is 197 Å². The number of thiophene rings is 1. The highest BCUT2D eigenvalue weighted by molar-refractivity contribution is 7.21. The largest absolute Gasteiger partial charge is 0.496 e. The summed E-state index contributed by atoms with van der Waals surface area (Å²) in [6.45, 7) is 4.74. The first-order valence-electron chi connectivity index (χ1n) is 10.5. The van der Waals surface area contributed by atoms with Crippen molar-refractivity contribution >= 4 is 27.5 Å². The van der Waals surface area contributed by atoms with Crippen LogP contribution in [0.3, 0.4) is 0 Å². The molecule has 1 aromatic carbocycles. The molecule has 1 amide bonds. The monoisotopic (exact) mass is 485 g/mol. The Morgan fingerprint density at radius 2 is 2.03 bits per heavy atom. The lowest BCUT2D eigenvalue weighted by molar-refractivity contribution is -0.125. The van der Waals surface area contributed by atoms with Crippen LogP contribution in [-0.4, -0.2) is 31.9 Å². The van der Waals surface area contributed by atoms with E-state index < -0.39 is 28.5 Å². The topological polar surface area (TPSA) is 114 Å². The molecule has 178 valence electrons. The molecule has 0 aliphatic rings. The van der Waals surface area contributed by atoms with Crippen molar-refractivity contribution in [3.8, 4) is 10.8 Å². The van der Waals surface area contributed by atoms with Gasteiger partial charge in [0, 0.05) is 24.5 Å². The van der Waals surface area contributed by atoms with Gasteiger partial charge in [0.2, 0.25) is 5.91 Å². The number of aryl methyl sites for hydroxylation is 3. The molecule has 4 rings (SSSR count). The molecular weight excluding hydrogens is 461 g/mol. The predicted octanol–water partition coefficient (Wildman–Crippen LogP) is 2.33. The molecule has 0 spiro atoms. The summed E-state index contributed by atoms with van der Waals surface area (Å²) in [5.41, 5.74) is 3.90. The number of primary amides is 1. The highest BCUT2D eigenvalue weighted by Gasteiger charge is 2.33. The average molecular weight is 486 g/mol. The Balaban J connectivity index is 1.99. The molecule has 0 atom stereocenters. The minimum Gasteiger partial charge on any atom is -0.496 e. The third-order valence-corrected chi connectivity index (χ3v) is 7.21. The zero-order chi connectivity index (χ0) is 24.8. The number of aromatic nitrogens is 4. The van der Waals surface area contributed by atoms with Gasteiger partial charge in [0.05, 0.1) is 12.5 Å². The van der Waals surface area contributed by atoms with E-state index in [9.17, 15) is 18.8 Å². The van der Waals surface area contributed by atoms with Crippen LogP contribution in [0.5, 0.6) is 5.75 Å². The number of amides is 1. The third kappa shape index (κ3) is 3.71. The average Bonchev–Trinajstić information content (AvgIpc) is 3.41. The number of nitrogens with two attached hydrogens (primary N) is 1. The first-order chi connectivity index (χ1) is 16.1. The van der Waals surface area contributed by atoms with Gasteiger partial charge in [-0.15, -0.1) is 0 Å². The van der Waals surface area contributed by atoms with Crippen LogP contribution in [0, 0.1) is 12.7 Å². The molecule has 4 aromatic rings. The number of nitrogens with zero attached hydrogens (tertiary/aromatic N) is 4. The van der Waals surface area contributed by atoms with E-state index in [1.165, 1.54) is 55.1 Å². The van der Waals surface area contributed by atoms with Gasteiger partial charge in [-0.3, -0.25) is 14.2 Å². The molecule has 3 heterocycles. The van der Waals surface area contributed by atoms with Crippen LogP contribution in [0.4, 0.5) is 4.39 Å². The number of methoxy groups -OCH3 is 1. The number of hydrogen-bond donors (Lipinski definition) is 1. The number of benzene rings is 1. The zero-order valence-electron chi connectivity index (χ0n) is 19.2. The van der Waals surface area contributed by atoms with Crippen molar-refractivity contribution in [2.45, 2.75) is 39.3 Å². The van der Waals surface area contributed by atoms with Gasteiger partial charge in [0.15, 0.2) is 0 Å². The number of rotatable bonds is 7. The maximum Gasteiger partial charge on any atom is 0.333 e. The molecule has 0 saturated heterocycles. The number of fused-ring (bicyclic) bond motifs is 1. The van der Waals surface area contributed by atoms with Gasteiger partial charge >= 0.3 is 5.69 Å². The van der Waals surface area contributed by atoms with Gasteiger partial charge < -0.3 is 10.5 Å². The van der Waals surface area contributed by atoms with Gasteiger partial charge in [0.1, 0.15) is 26.9 Å². The van der Waals surface area contributed by atoms with Crippen LogP contribution in [0.2, 0.25) is 0 Å². The quantitative estimate of drug-likeness (QED) is 0.432. The summed E-state index contributed by atoms with van der Waals surface area (Å²) < 4.78 is 23.2. The SMILES string of the molecule is COc1ccc(F)cc1CCn1c(=O)n(C(C)(C)C(N)=O)c(=O)c2c(C)c(-n3cccn3)sc21. The van der Waals surface area contributed by atoms with Crippen molar-refractivity contribution in [3.63, 3.8) is 0 Å². The van der Waals surface area contributed by atoms with Crippen molar-refractivity contribution in [3.05, 3.63) is 74.4 Å². The summed E-state index contributed by atoms with van der Waals surface area (Å²) in [6.07, 6.45) is 3.60. The number of halogens is 1. The Morgan fingerprint density at radius 3 is 2.65 bits per heavy atom. The van der Waals surface area contributed by atoms with Crippen molar-refractivity contribution in [1.29, 1.82) is 0 Å². The lowest BCUT2D eigenvalue weighted by Crippen LogP contribution is -2.54. The van der Waals surface area contributed by atoms with Crippen LogP contribution in [0.1, 0.15) is 25.0 Å². The second-order valence-electron chi connectivity index (χ2n) is 8.37. The molecule has 0 aliphatic carbocycles. The van der Waals surface area contributed by atoms with Crippen molar-refractivity contribution in [1.82, 2.24) is 18.9 Å². The lowest BCUT2D eigenvalue weighted by Gasteiger charge is -2.24. The highest BCUT2D eigenvalue weighted by atomic mass is 32.1. The van der Waals surface area contributed by atoms with Gasteiger partial charge in [-0.2, -0.15) is 5.10 Å². The van der Waals surface area contributed by atoms with Crippen LogP contribution in [-0.2, 0) is 23.3 Å². The number of carbonyl (C=O) groups excluding carboxylic acids is 1. The van der Waals surface area contributed by atoms with Crippen molar-refractivity contribution in [2.75, 3.05) is 7.11 Å². The van der Waals surface area contributed by atoms with Crippen molar-refractivity contribution in [2.24, 2.45) is 5.73 Å². The first-order valence-corrected chi connectivity index (χ1v) is 11.3. The molecule has 0 fully saturated rings. The van der Waals surface area contributed by atoms with Gasteiger partial charge in [-0.05, 0) is 57.0 Å². The number of hydrogen-bond acceptors (Lipinski definition) is 6. The molecular formula is C23H24FN5O4S. The fourth-order valence-corrected chi connectivity index (χ4v) is 5.18. The first kappa shape index (κ1) is 23.4. The summed E-state index contributed by atoms with van der Waals surface area (Å²) in [5, 5.41) is 5.22. The highest BCUT2D eigenvalue weighted by Crippen LogP contribution is 2.31. The van der Waals surface area contributed by atoms with E-state index in [0.29, 0.717) is 32.1 Å². The lowest BCUT2D eigenvalue weighted by atomic mass is 10.0. The molecule has 0 radical (unpaired) electrons. The van der Waals surface area contributed by atoms with E-state index in [1.807, 2.05) is 0 Å². The van der Waals surface area contributed by atoms with E-state index in [4.69, 9.17) is 10.5 Å². The minimum atomic E-state index is -1.57. The summed E-state index contributed by atoms with van der Waals surface area (Å²) in [7, 11) is 1.48. The molecule has 0 aliphatic heterocycles. The fraction of sp³-hybridized carbons (Fsp3) is 0.304. The molecule has 11 heteroatoms. The normalized spacial score (nSPS) is 11.8. The van der Waals surface area contributed by atoms with E-state index in [1.54, 1.807) is 30.1 Å². The van der Waals surface area contributed by atoms with Crippen LogP contribution in [0.25, 0.3) is 15.2 Å². The van der Waals surface area contributed by atoms with Gasteiger partial charge in [-0.1, -0.05) is 11.3 Å². The Bertz CT molecular complexity index is 1520. The predicted molar refractivity (Wildman–Crippen MR) is 127 cm³/mol.